The molecule has 1 saturated heterocycles. The number of hydrogen-bond donors (Lipinski definition) is 2. The van der Waals surface area contributed by atoms with Crippen LogP contribution in [-0.4, -0.2) is 59.9 Å². The summed E-state index contributed by atoms with van der Waals surface area (Å²) in [6.07, 6.45) is 1.08. The molecule has 3 rings (SSSR count). The van der Waals surface area contributed by atoms with Crippen LogP contribution in [0.5, 0.6) is 0 Å². The molecule has 33 heavy (non-hydrogen) atoms. The van der Waals surface area contributed by atoms with Crippen LogP contribution in [-0.2, 0) is 19.1 Å². The Bertz CT molecular complexity index is 1020. The molecule has 1 aromatic heterocycles. The first-order valence-electron chi connectivity index (χ1n) is 11.0. The van der Waals surface area contributed by atoms with Crippen molar-refractivity contribution in [2.75, 3.05) is 31.6 Å². The summed E-state index contributed by atoms with van der Waals surface area (Å²) >= 11 is 0. The molecule has 2 aromatic rings. The number of aromatic amines is 1. The van der Waals surface area contributed by atoms with Gasteiger partial charge in [0.2, 0.25) is 5.91 Å². The number of carbonyl (C=O) groups is 4. The zero-order chi connectivity index (χ0) is 24.0. The van der Waals surface area contributed by atoms with E-state index in [0.29, 0.717) is 42.8 Å². The Balaban J connectivity index is 1.49. The third-order valence-corrected chi connectivity index (χ3v) is 5.71. The average Bonchev–Trinajstić information content (AvgIpc) is 3.12. The molecule has 1 aliphatic heterocycles. The number of nitrogens with zero attached hydrogens (tertiary/aromatic N) is 1. The molecular weight excluding hydrogens is 426 g/mol. The van der Waals surface area contributed by atoms with Crippen molar-refractivity contribution in [1.29, 1.82) is 0 Å². The molecule has 0 atom stereocenters. The first-order valence-corrected chi connectivity index (χ1v) is 11.0. The maximum Gasteiger partial charge on any atom is 0.355 e. The van der Waals surface area contributed by atoms with Crippen LogP contribution in [0.1, 0.15) is 51.9 Å². The third-order valence-electron chi connectivity index (χ3n) is 5.71. The normalized spacial score (nSPS) is 14.0. The Hall–Kier alpha value is -3.62. The number of amides is 2. The summed E-state index contributed by atoms with van der Waals surface area (Å²) in [4.78, 5) is 54.0. The molecule has 1 fully saturated rings. The minimum atomic E-state index is -0.711. The molecule has 1 aromatic carbocycles. The fourth-order valence-electron chi connectivity index (χ4n) is 3.91. The smallest absolute Gasteiger partial charge is 0.355 e. The zero-order valence-electron chi connectivity index (χ0n) is 19.1. The molecule has 0 unspecified atom stereocenters. The van der Waals surface area contributed by atoms with E-state index in [4.69, 9.17) is 9.47 Å². The number of ether oxygens (including phenoxy) is 2. The van der Waals surface area contributed by atoms with E-state index in [9.17, 15) is 19.2 Å². The summed E-state index contributed by atoms with van der Waals surface area (Å²) in [5.74, 6) is -1.79. The van der Waals surface area contributed by atoms with E-state index in [2.05, 4.69) is 10.3 Å². The molecule has 2 amide bonds. The van der Waals surface area contributed by atoms with Gasteiger partial charge in [-0.2, -0.15) is 0 Å². The van der Waals surface area contributed by atoms with Gasteiger partial charge in [-0.1, -0.05) is 18.2 Å². The predicted molar refractivity (Wildman–Crippen MR) is 121 cm³/mol. The Kier molecular flexibility index (Phi) is 7.87. The van der Waals surface area contributed by atoms with Gasteiger partial charge in [0.05, 0.1) is 12.2 Å². The van der Waals surface area contributed by atoms with E-state index in [0.717, 1.165) is 5.69 Å². The number of aryl methyl sites for hydroxylation is 1. The van der Waals surface area contributed by atoms with Crippen molar-refractivity contribution in [1.82, 2.24) is 9.88 Å². The van der Waals surface area contributed by atoms with Crippen molar-refractivity contribution in [2.45, 2.75) is 33.6 Å². The van der Waals surface area contributed by atoms with E-state index in [-0.39, 0.29) is 30.0 Å². The van der Waals surface area contributed by atoms with Crippen LogP contribution in [0, 0.1) is 19.8 Å². The second-order valence-corrected chi connectivity index (χ2v) is 7.93. The van der Waals surface area contributed by atoms with Crippen molar-refractivity contribution >= 4 is 29.4 Å². The van der Waals surface area contributed by atoms with Crippen LogP contribution < -0.4 is 5.32 Å². The van der Waals surface area contributed by atoms with E-state index < -0.39 is 18.5 Å². The summed E-state index contributed by atoms with van der Waals surface area (Å²) in [5, 5.41) is 2.89. The monoisotopic (exact) mass is 455 g/mol. The minimum absolute atomic E-state index is 0.0604. The second-order valence-electron chi connectivity index (χ2n) is 7.93. The lowest BCUT2D eigenvalue weighted by molar-refractivity contribution is -0.137. The number of likely N-dealkylation sites (tertiary alicyclic amines) is 1. The third kappa shape index (κ3) is 5.79. The maximum atomic E-state index is 12.5. The van der Waals surface area contributed by atoms with Gasteiger partial charge in [0.25, 0.3) is 5.91 Å². The van der Waals surface area contributed by atoms with Crippen molar-refractivity contribution < 1.29 is 28.7 Å². The largest absolute Gasteiger partial charge is 0.462 e. The first kappa shape index (κ1) is 24.0. The van der Waals surface area contributed by atoms with Gasteiger partial charge >= 0.3 is 11.9 Å². The molecule has 9 nitrogen and oxygen atoms in total. The Morgan fingerprint density at radius 3 is 2.33 bits per heavy atom. The summed E-state index contributed by atoms with van der Waals surface area (Å²) in [6, 6.07) is 9.24. The van der Waals surface area contributed by atoms with Gasteiger partial charge in [-0.05, 0) is 51.3 Å². The van der Waals surface area contributed by atoms with Crippen molar-refractivity contribution in [3.05, 3.63) is 52.8 Å². The number of rotatable bonds is 7. The number of aromatic nitrogens is 1. The lowest BCUT2D eigenvalue weighted by Crippen LogP contribution is -2.43. The average molecular weight is 456 g/mol. The molecule has 1 aliphatic rings. The topological polar surface area (TPSA) is 118 Å². The molecule has 0 bridgehead atoms. The number of piperidine rings is 1. The van der Waals surface area contributed by atoms with Crippen LogP contribution in [0.3, 0.4) is 0 Å². The number of benzene rings is 1. The molecule has 0 saturated carbocycles. The Morgan fingerprint density at radius 2 is 1.70 bits per heavy atom. The van der Waals surface area contributed by atoms with E-state index in [1.54, 1.807) is 25.7 Å². The molecule has 176 valence electrons. The van der Waals surface area contributed by atoms with Crippen molar-refractivity contribution in [3.63, 3.8) is 0 Å². The number of para-hydroxylation sites is 1. The highest BCUT2D eigenvalue weighted by Crippen LogP contribution is 2.21. The Labute approximate surface area is 192 Å². The molecule has 2 heterocycles. The van der Waals surface area contributed by atoms with Gasteiger partial charge in [-0.3, -0.25) is 9.59 Å². The number of anilines is 1. The highest BCUT2D eigenvalue weighted by molar-refractivity contribution is 5.99. The number of esters is 2. The number of nitrogens with one attached hydrogen (secondary N) is 2. The number of carbonyl (C=O) groups excluding carboxylic acids is 4. The number of hydrogen-bond acceptors (Lipinski definition) is 6. The molecule has 0 aliphatic carbocycles. The quantitative estimate of drug-likeness (QED) is 0.620. The predicted octanol–water partition coefficient (Wildman–Crippen LogP) is 2.84. The zero-order valence-corrected chi connectivity index (χ0v) is 19.1. The standard InChI is InChI=1S/C24H29N3O6/c1-4-32-23(30)20-15(2)21(25-16(20)3)24(31)33-14-19(28)27-12-10-17(11-13-27)22(29)26-18-8-6-5-7-9-18/h5-9,17,25H,4,10-14H2,1-3H3,(H,26,29). The molecule has 9 heteroatoms. The van der Waals surface area contributed by atoms with Crippen molar-refractivity contribution in [2.24, 2.45) is 5.92 Å². The fourth-order valence-corrected chi connectivity index (χ4v) is 3.91. The SMILES string of the molecule is CCOC(=O)c1c(C)[nH]c(C(=O)OCC(=O)N2CCC(C(=O)Nc3ccccc3)CC2)c1C. The van der Waals surface area contributed by atoms with E-state index in [1.807, 2.05) is 30.3 Å². The summed E-state index contributed by atoms with van der Waals surface area (Å²) in [6.45, 7) is 5.63. The fraction of sp³-hybridized carbons (Fsp3) is 0.417. The van der Waals surface area contributed by atoms with Crippen LogP contribution in [0.4, 0.5) is 5.69 Å². The first-order chi connectivity index (χ1) is 15.8. The van der Waals surface area contributed by atoms with Crippen LogP contribution in [0.25, 0.3) is 0 Å². The highest BCUT2D eigenvalue weighted by atomic mass is 16.5. The van der Waals surface area contributed by atoms with Crippen LogP contribution in [0.15, 0.2) is 30.3 Å². The van der Waals surface area contributed by atoms with E-state index >= 15 is 0 Å². The lowest BCUT2D eigenvalue weighted by Gasteiger charge is -2.31. The van der Waals surface area contributed by atoms with Crippen molar-refractivity contribution in [3.8, 4) is 0 Å². The Morgan fingerprint density at radius 1 is 1.03 bits per heavy atom. The lowest BCUT2D eigenvalue weighted by atomic mass is 9.95. The minimum Gasteiger partial charge on any atom is -0.462 e. The highest BCUT2D eigenvalue weighted by Gasteiger charge is 2.29. The van der Waals surface area contributed by atoms with Gasteiger partial charge in [-0.15, -0.1) is 0 Å². The van der Waals surface area contributed by atoms with Crippen LogP contribution >= 0.6 is 0 Å². The maximum absolute atomic E-state index is 12.5. The summed E-state index contributed by atoms with van der Waals surface area (Å²) in [5.41, 5.74) is 2.09. The molecule has 0 spiro atoms. The summed E-state index contributed by atoms with van der Waals surface area (Å²) in [7, 11) is 0. The van der Waals surface area contributed by atoms with Crippen LogP contribution in [0.2, 0.25) is 0 Å². The van der Waals surface area contributed by atoms with Gasteiger partial charge in [0, 0.05) is 30.4 Å². The summed E-state index contributed by atoms with van der Waals surface area (Å²) < 4.78 is 10.2. The van der Waals surface area contributed by atoms with Gasteiger partial charge in [-0.25, -0.2) is 9.59 Å². The second kappa shape index (κ2) is 10.8. The van der Waals surface area contributed by atoms with Gasteiger partial charge in [0.15, 0.2) is 6.61 Å². The van der Waals surface area contributed by atoms with Gasteiger partial charge in [0.1, 0.15) is 5.69 Å². The van der Waals surface area contributed by atoms with Gasteiger partial charge < -0.3 is 24.7 Å². The number of H-pyrrole nitrogens is 1. The van der Waals surface area contributed by atoms with E-state index in [1.165, 1.54) is 0 Å². The molecule has 2 N–H and O–H groups in total. The molecular formula is C24H29N3O6. The molecule has 0 radical (unpaired) electrons.